The van der Waals surface area contributed by atoms with E-state index in [9.17, 15) is 9.90 Å². The lowest BCUT2D eigenvalue weighted by Gasteiger charge is -2.19. The normalized spacial score (nSPS) is 14.1. The van der Waals surface area contributed by atoms with Crippen LogP contribution in [0.3, 0.4) is 0 Å². The van der Waals surface area contributed by atoms with Crippen LogP contribution in [-0.4, -0.2) is 23.7 Å². The molecule has 0 radical (unpaired) electrons. The van der Waals surface area contributed by atoms with Crippen molar-refractivity contribution in [1.29, 1.82) is 0 Å². The lowest BCUT2D eigenvalue weighted by Crippen LogP contribution is -2.43. The Kier molecular flexibility index (Phi) is 5.66. The number of benzene rings is 1. The third-order valence-electron chi connectivity index (χ3n) is 2.64. The molecule has 0 aliphatic carbocycles. The number of aliphatic hydroxyl groups is 1. The minimum Gasteiger partial charge on any atom is -0.394 e. The smallest absolute Gasteiger partial charge is 0.237 e. The van der Waals surface area contributed by atoms with Crippen LogP contribution < -0.4 is 11.1 Å². The van der Waals surface area contributed by atoms with Crippen molar-refractivity contribution in [2.75, 3.05) is 6.61 Å². The number of aliphatic hydroxyl groups excluding tert-OH is 1. The van der Waals surface area contributed by atoms with Gasteiger partial charge in [-0.15, -0.1) is 0 Å². The third-order valence-corrected chi connectivity index (χ3v) is 2.64. The predicted molar refractivity (Wildman–Crippen MR) is 67.3 cm³/mol. The second-order valence-electron chi connectivity index (χ2n) is 4.05. The largest absolute Gasteiger partial charge is 0.394 e. The first-order valence-electron chi connectivity index (χ1n) is 5.90. The van der Waals surface area contributed by atoms with Crippen molar-refractivity contribution in [3.05, 3.63) is 35.9 Å². The van der Waals surface area contributed by atoms with E-state index in [1.165, 1.54) is 0 Å². The maximum Gasteiger partial charge on any atom is 0.237 e. The Morgan fingerprint density at radius 1 is 1.41 bits per heavy atom. The summed E-state index contributed by atoms with van der Waals surface area (Å²) in [6.07, 6.45) is 1.52. The molecule has 94 valence electrons. The molecule has 0 spiro atoms. The van der Waals surface area contributed by atoms with Crippen molar-refractivity contribution in [1.82, 2.24) is 5.32 Å². The van der Waals surface area contributed by atoms with Gasteiger partial charge in [-0.25, -0.2) is 0 Å². The summed E-state index contributed by atoms with van der Waals surface area (Å²) in [4.78, 5) is 11.7. The van der Waals surface area contributed by atoms with Gasteiger partial charge >= 0.3 is 0 Å². The van der Waals surface area contributed by atoms with E-state index in [0.717, 1.165) is 12.0 Å². The van der Waals surface area contributed by atoms with Gasteiger partial charge in [-0.2, -0.15) is 0 Å². The van der Waals surface area contributed by atoms with Crippen LogP contribution in [0.15, 0.2) is 30.3 Å². The summed E-state index contributed by atoms with van der Waals surface area (Å²) < 4.78 is 0. The Hall–Kier alpha value is -1.39. The molecule has 1 aromatic rings. The molecule has 4 N–H and O–H groups in total. The summed E-state index contributed by atoms with van der Waals surface area (Å²) in [5.74, 6) is -0.213. The van der Waals surface area contributed by atoms with Crippen LogP contribution in [-0.2, 0) is 4.79 Å². The highest BCUT2D eigenvalue weighted by Crippen LogP contribution is 2.11. The Labute approximate surface area is 102 Å². The molecule has 2 atom stereocenters. The fraction of sp³-hybridized carbons (Fsp3) is 0.462. The van der Waals surface area contributed by atoms with Gasteiger partial charge < -0.3 is 16.2 Å². The molecule has 4 heteroatoms. The van der Waals surface area contributed by atoms with Crippen LogP contribution in [0.4, 0.5) is 0 Å². The van der Waals surface area contributed by atoms with E-state index in [1.54, 1.807) is 0 Å². The highest BCUT2D eigenvalue weighted by molar-refractivity contribution is 5.81. The molecule has 0 saturated heterocycles. The molecule has 0 saturated carbocycles. The molecule has 0 aliphatic rings. The van der Waals surface area contributed by atoms with Gasteiger partial charge in [0, 0.05) is 0 Å². The molecule has 0 aliphatic heterocycles. The SMILES string of the molecule is CCC[C@H](N)C(=O)N[C@@H](CO)c1ccccc1. The predicted octanol–water partition coefficient (Wildman–Crippen LogP) is 0.964. The third kappa shape index (κ3) is 4.17. The van der Waals surface area contributed by atoms with E-state index in [0.29, 0.717) is 6.42 Å². The minimum absolute atomic E-state index is 0.130. The number of rotatable bonds is 6. The number of hydrogen-bond donors (Lipinski definition) is 3. The van der Waals surface area contributed by atoms with Crippen LogP contribution in [0.5, 0.6) is 0 Å². The minimum atomic E-state index is -0.502. The molecule has 0 heterocycles. The number of amides is 1. The van der Waals surface area contributed by atoms with Crippen LogP contribution in [0.1, 0.15) is 31.4 Å². The first-order chi connectivity index (χ1) is 8.19. The maximum atomic E-state index is 11.7. The number of nitrogens with one attached hydrogen (secondary N) is 1. The van der Waals surface area contributed by atoms with Crippen molar-refractivity contribution in [3.63, 3.8) is 0 Å². The summed E-state index contributed by atoms with van der Waals surface area (Å²) in [7, 11) is 0. The van der Waals surface area contributed by atoms with Crippen LogP contribution in [0, 0.1) is 0 Å². The fourth-order valence-electron chi connectivity index (χ4n) is 1.64. The highest BCUT2D eigenvalue weighted by atomic mass is 16.3. The zero-order valence-electron chi connectivity index (χ0n) is 10.1. The Bertz CT molecular complexity index is 341. The molecule has 4 nitrogen and oxygen atoms in total. The van der Waals surface area contributed by atoms with Gasteiger partial charge in [0.15, 0.2) is 0 Å². The summed E-state index contributed by atoms with van der Waals surface area (Å²) in [6.45, 7) is 1.85. The molecule has 0 aromatic heterocycles. The van der Waals surface area contributed by atoms with E-state index >= 15 is 0 Å². The summed E-state index contributed by atoms with van der Waals surface area (Å²) in [6, 6.07) is 8.48. The second kappa shape index (κ2) is 7.04. The molecule has 0 unspecified atom stereocenters. The molecule has 1 rings (SSSR count). The Morgan fingerprint density at radius 2 is 2.06 bits per heavy atom. The van der Waals surface area contributed by atoms with E-state index in [2.05, 4.69) is 5.32 Å². The van der Waals surface area contributed by atoms with Gasteiger partial charge in [-0.05, 0) is 12.0 Å². The van der Waals surface area contributed by atoms with Crippen molar-refractivity contribution >= 4 is 5.91 Å². The summed E-state index contributed by atoms with van der Waals surface area (Å²) in [5.41, 5.74) is 6.60. The zero-order valence-corrected chi connectivity index (χ0v) is 10.1. The quantitative estimate of drug-likeness (QED) is 0.688. The summed E-state index contributed by atoms with van der Waals surface area (Å²) >= 11 is 0. The van der Waals surface area contributed by atoms with Gasteiger partial charge in [-0.1, -0.05) is 43.7 Å². The van der Waals surface area contributed by atoms with Crippen molar-refractivity contribution in [2.24, 2.45) is 5.73 Å². The highest BCUT2D eigenvalue weighted by Gasteiger charge is 2.17. The molecule has 17 heavy (non-hydrogen) atoms. The molecular weight excluding hydrogens is 216 g/mol. The lowest BCUT2D eigenvalue weighted by molar-refractivity contribution is -0.123. The standard InChI is InChI=1S/C13H20N2O2/c1-2-6-11(14)13(17)15-12(9-16)10-7-4-3-5-8-10/h3-5,7-8,11-12,16H,2,6,9,14H2,1H3,(H,15,17)/t11-,12-/m0/s1. The van der Waals surface area contributed by atoms with E-state index in [-0.39, 0.29) is 18.6 Å². The number of hydrogen-bond acceptors (Lipinski definition) is 3. The van der Waals surface area contributed by atoms with Crippen molar-refractivity contribution in [3.8, 4) is 0 Å². The van der Waals surface area contributed by atoms with Crippen molar-refractivity contribution in [2.45, 2.75) is 31.8 Å². The van der Waals surface area contributed by atoms with Crippen LogP contribution in [0.2, 0.25) is 0 Å². The first kappa shape index (κ1) is 13.7. The van der Waals surface area contributed by atoms with E-state index in [4.69, 9.17) is 5.73 Å². The monoisotopic (exact) mass is 236 g/mol. The second-order valence-corrected chi connectivity index (χ2v) is 4.05. The molecule has 0 fully saturated rings. The fourth-order valence-corrected chi connectivity index (χ4v) is 1.64. The molecular formula is C13H20N2O2. The average molecular weight is 236 g/mol. The summed E-state index contributed by atoms with van der Waals surface area (Å²) in [5, 5.41) is 12.0. The van der Waals surface area contributed by atoms with E-state index < -0.39 is 6.04 Å². The van der Waals surface area contributed by atoms with Gasteiger partial charge in [0.1, 0.15) is 0 Å². The zero-order chi connectivity index (χ0) is 12.7. The van der Waals surface area contributed by atoms with Gasteiger partial charge in [0.2, 0.25) is 5.91 Å². The Balaban J connectivity index is 2.62. The van der Waals surface area contributed by atoms with Crippen molar-refractivity contribution < 1.29 is 9.90 Å². The molecule has 0 bridgehead atoms. The van der Waals surface area contributed by atoms with Gasteiger partial charge in [0.25, 0.3) is 0 Å². The average Bonchev–Trinajstić information content (AvgIpc) is 2.37. The van der Waals surface area contributed by atoms with Crippen LogP contribution in [0.25, 0.3) is 0 Å². The Morgan fingerprint density at radius 3 is 2.59 bits per heavy atom. The number of carbonyl (C=O) groups is 1. The number of carbonyl (C=O) groups excluding carboxylic acids is 1. The van der Waals surface area contributed by atoms with Gasteiger partial charge in [-0.3, -0.25) is 4.79 Å². The lowest BCUT2D eigenvalue weighted by atomic mass is 10.1. The maximum absolute atomic E-state index is 11.7. The molecule has 1 aromatic carbocycles. The topological polar surface area (TPSA) is 75.4 Å². The van der Waals surface area contributed by atoms with Gasteiger partial charge in [0.05, 0.1) is 18.7 Å². The first-order valence-corrected chi connectivity index (χ1v) is 5.90. The van der Waals surface area contributed by atoms with Crippen LogP contribution >= 0.6 is 0 Å². The molecule has 1 amide bonds. The van der Waals surface area contributed by atoms with E-state index in [1.807, 2.05) is 37.3 Å². The number of nitrogens with two attached hydrogens (primary N) is 1.